The Balaban J connectivity index is 1.81. The van der Waals surface area contributed by atoms with Crippen LogP contribution in [-0.4, -0.2) is 46.8 Å². The zero-order chi connectivity index (χ0) is 15.2. The molecule has 0 aromatic heterocycles. The minimum atomic E-state index is -0.481. The first-order chi connectivity index (χ1) is 10.1. The van der Waals surface area contributed by atoms with Crippen LogP contribution in [0.15, 0.2) is 24.3 Å². The van der Waals surface area contributed by atoms with E-state index in [9.17, 15) is 5.11 Å². The highest BCUT2D eigenvalue weighted by molar-refractivity contribution is 7.80. The fourth-order valence-corrected chi connectivity index (χ4v) is 2.53. The van der Waals surface area contributed by atoms with Crippen molar-refractivity contribution in [1.82, 2.24) is 4.90 Å². The van der Waals surface area contributed by atoms with Crippen LogP contribution < -0.4 is 10.5 Å². The van der Waals surface area contributed by atoms with Crippen LogP contribution in [0.2, 0.25) is 0 Å². The molecule has 1 fully saturated rings. The fourth-order valence-electron chi connectivity index (χ4n) is 2.40. The summed E-state index contributed by atoms with van der Waals surface area (Å²) in [4.78, 5) is 2.71. The molecule has 2 rings (SSSR count). The van der Waals surface area contributed by atoms with Crippen molar-refractivity contribution in [1.29, 1.82) is 0 Å². The highest BCUT2D eigenvalue weighted by atomic mass is 32.1. The predicted molar refractivity (Wildman–Crippen MR) is 88.7 cm³/mol. The molecule has 1 aromatic rings. The first-order valence-electron chi connectivity index (χ1n) is 7.55. The van der Waals surface area contributed by atoms with Crippen LogP contribution >= 0.6 is 12.2 Å². The van der Waals surface area contributed by atoms with Gasteiger partial charge in [0.25, 0.3) is 0 Å². The number of nitrogens with zero attached hydrogens (tertiary/aromatic N) is 1. The van der Waals surface area contributed by atoms with E-state index < -0.39 is 6.10 Å². The lowest BCUT2D eigenvalue weighted by Crippen LogP contribution is -2.37. The number of ether oxygens (including phenoxy) is 1. The highest BCUT2D eigenvalue weighted by Crippen LogP contribution is 2.27. The standard InChI is InChI=1S/C16H24N2O2S/c1-2-8-18(13-6-7-13)10-14(19)11-20-15-5-3-4-12(9-15)16(17)21/h3-5,9,13-14,19H,2,6-8,10-11H2,1H3,(H2,17,21). The molecule has 0 heterocycles. The third-order valence-electron chi connectivity index (χ3n) is 3.58. The van der Waals surface area contributed by atoms with E-state index in [1.807, 2.05) is 18.2 Å². The Morgan fingerprint density at radius 1 is 1.52 bits per heavy atom. The van der Waals surface area contributed by atoms with Gasteiger partial charge < -0.3 is 15.6 Å². The number of benzene rings is 1. The summed E-state index contributed by atoms with van der Waals surface area (Å²) in [5, 5.41) is 10.1. The van der Waals surface area contributed by atoms with Gasteiger partial charge in [0.2, 0.25) is 0 Å². The molecule has 1 unspecified atom stereocenters. The van der Waals surface area contributed by atoms with E-state index >= 15 is 0 Å². The molecule has 0 amide bonds. The lowest BCUT2D eigenvalue weighted by atomic mass is 10.2. The second-order valence-corrected chi connectivity index (χ2v) is 6.02. The van der Waals surface area contributed by atoms with E-state index in [1.54, 1.807) is 6.07 Å². The quantitative estimate of drug-likeness (QED) is 0.683. The van der Waals surface area contributed by atoms with Crippen molar-refractivity contribution in [3.05, 3.63) is 29.8 Å². The third kappa shape index (κ3) is 5.26. The second kappa shape index (κ2) is 7.73. The van der Waals surface area contributed by atoms with Crippen LogP contribution in [0.1, 0.15) is 31.7 Å². The lowest BCUT2D eigenvalue weighted by Gasteiger charge is -2.24. The molecule has 1 saturated carbocycles. The zero-order valence-corrected chi connectivity index (χ0v) is 13.3. The molecular weight excluding hydrogens is 284 g/mol. The summed E-state index contributed by atoms with van der Waals surface area (Å²) in [6.45, 7) is 4.17. The highest BCUT2D eigenvalue weighted by Gasteiger charge is 2.29. The smallest absolute Gasteiger partial charge is 0.120 e. The van der Waals surface area contributed by atoms with E-state index in [-0.39, 0.29) is 6.61 Å². The summed E-state index contributed by atoms with van der Waals surface area (Å²) in [5.74, 6) is 0.688. The van der Waals surface area contributed by atoms with Crippen molar-refractivity contribution in [3.8, 4) is 5.75 Å². The number of hydrogen-bond donors (Lipinski definition) is 2. The Morgan fingerprint density at radius 3 is 2.90 bits per heavy atom. The number of thiocarbonyl (C=S) groups is 1. The molecule has 1 atom stereocenters. The lowest BCUT2D eigenvalue weighted by molar-refractivity contribution is 0.0654. The molecule has 0 bridgehead atoms. The number of hydrogen-bond acceptors (Lipinski definition) is 4. The first kappa shape index (κ1) is 16.2. The van der Waals surface area contributed by atoms with Gasteiger partial charge in [0, 0.05) is 18.2 Å². The topological polar surface area (TPSA) is 58.7 Å². The molecule has 0 radical (unpaired) electrons. The van der Waals surface area contributed by atoms with Gasteiger partial charge in [-0.3, -0.25) is 4.90 Å². The number of aliphatic hydroxyl groups excluding tert-OH is 1. The van der Waals surface area contributed by atoms with Crippen LogP contribution in [-0.2, 0) is 0 Å². The van der Waals surface area contributed by atoms with Crippen molar-refractivity contribution < 1.29 is 9.84 Å². The van der Waals surface area contributed by atoms with Crippen LogP contribution in [0.5, 0.6) is 5.75 Å². The third-order valence-corrected chi connectivity index (χ3v) is 3.82. The van der Waals surface area contributed by atoms with E-state index in [0.29, 0.717) is 23.3 Å². The van der Waals surface area contributed by atoms with Gasteiger partial charge in [0.1, 0.15) is 23.4 Å². The molecule has 5 heteroatoms. The van der Waals surface area contributed by atoms with Crippen LogP contribution in [0.25, 0.3) is 0 Å². The molecule has 116 valence electrons. The van der Waals surface area contributed by atoms with Crippen molar-refractivity contribution in [2.24, 2.45) is 5.73 Å². The Labute approximate surface area is 131 Å². The Morgan fingerprint density at radius 2 is 2.29 bits per heavy atom. The summed E-state index contributed by atoms with van der Waals surface area (Å²) in [5.41, 5.74) is 6.38. The van der Waals surface area contributed by atoms with Crippen LogP contribution in [0, 0.1) is 0 Å². The van der Waals surface area contributed by atoms with Crippen molar-refractivity contribution in [3.63, 3.8) is 0 Å². The van der Waals surface area contributed by atoms with Crippen molar-refractivity contribution >= 4 is 17.2 Å². The van der Waals surface area contributed by atoms with Crippen LogP contribution in [0.3, 0.4) is 0 Å². The van der Waals surface area contributed by atoms with Gasteiger partial charge in [-0.2, -0.15) is 0 Å². The molecule has 21 heavy (non-hydrogen) atoms. The fraction of sp³-hybridized carbons (Fsp3) is 0.562. The normalized spacial score (nSPS) is 16.0. The Hall–Kier alpha value is -1.17. The van der Waals surface area contributed by atoms with Crippen LogP contribution in [0.4, 0.5) is 0 Å². The SMILES string of the molecule is CCCN(CC(O)COc1cccc(C(N)=S)c1)C1CC1. The molecule has 0 spiro atoms. The molecular formula is C16H24N2O2S. The van der Waals surface area contributed by atoms with Gasteiger partial charge >= 0.3 is 0 Å². The maximum Gasteiger partial charge on any atom is 0.120 e. The molecule has 0 aliphatic heterocycles. The van der Waals surface area contributed by atoms with E-state index in [2.05, 4.69) is 11.8 Å². The monoisotopic (exact) mass is 308 g/mol. The van der Waals surface area contributed by atoms with Gasteiger partial charge in [0.05, 0.1) is 0 Å². The minimum Gasteiger partial charge on any atom is -0.491 e. The number of aliphatic hydroxyl groups is 1. The van der Waals surface area contributed by atoms with Gasteiger partial charge in [-0.1, -0.05) is 31.3 Å². The van der Waals surface area contributed by atoms with Crippen molar-refractivity contribution in [2.75, 3.05) is 19.7 Å². The van der Waals surface area contributed by atoms with E-state index in [1.165, 1.54) is 12.8 Å². The van der Waals surface area contributed by atoms with E-state index in [4.69, 9.17) is 22.7 Å². The molecule has 4 nitrogen and oxygen atoms in total. The Bertz CT molecular complexity index is 477. The summed E-state index contributed by atoms with van der Waals surface area (Å²) < 4.78 is 5.65. The largest absolute Gasteiger partial charge is 0.491 e. The summed E-state index contributed by atoms with van der Waals surface area (Å²) in [6, 6.07) is 8.02. The molecule has 1 aromatic carbocycles. The average molecular weight is 308 g/mol. The maximum atomic E-state index is 10.1. The van der Waals surface area contributed by atoms with Crippen molar-refractivity contribution in [2.45, 2.75) is 38.3 Å². The van der Waals surface area contributed by atoms with Gasteiger partial charge in [-0.15, -0.1) is 0 Å². The Kier molecular flexibility index (Phi) is 5.96. The second-order valence-electron chi connectivity index (χ2n) is 5.58. The van der Waals surface area contributed by atoms with Gasteiger partial charge in [-0.05, 0) is 37.9 Å². The van der Waals surface area contributed by atoms with Gasteiger partial charge in [0.15, 0.2) is 0 Å². The first-order valence-corrected chi connectivity index (χ1v) is 7.95. The summed E-state index contributed by atoms with van der Waals surface area (Å²) in [6.07, 6.45) is 3.14. The molecule has 0 saturated heterocycles. The minimum absolute atomic E-state index is 0.285. The molecule has 1 aliphatic rings. The average Bonchev–Trinajstić information content (AvgIpc) is 3.29. The van der Waals surface area contributed by atoms with E-state index in [0.717, 1.165) is 18.5 Å². The maximum absolute atomic E-state index is 10.1. The zero-order valence-electron chi connectivity index (χ0n) is 12.5. The predicted octanol–water partition coefficient (Wildman–Crippen LogP) is 1.93. The molecule has 1 aliphatic carbocycles. The molecule has 3 N–H and O–H groups in total. The number of nitrogens with two attached hydrogens (primary N) is 1. The number of rotatable bonds is 9. The summed E-state index contributed by atoms with van der Waals surface area (Å²) in [7, 11) is 0. The van der Waals surface area contributed by atoms with Gasteiger partial charge in [-0.25, -0.2) is 0 Å². The summed E-state index contributed by atoms with van der Waals surface area (Å²) >= 11 is 4.95.